The van der Waals surface area contributed by atoms with E-state index in [1.54, 1.807) is 0 Å². The van der Waals surface area contributed by atoms with Crippen LogP contribution in [0.1, 0.15) is 19.3 Å². The van der Waals surface area contributed by atoms with Gasteiger partial charge >= 0.3 is 0 Å². The fourth-order valence-electron chi connectivity index (χ4n) is 1.88. The predicted octanol–water partition coefficient (Wildman–Crippen LogP) is -1.26. The molecule has 2 fully saturated rings. The zero-order chi connectivity index (χ0) is 11.0. The highest BCUT2D eigenvalue weighted by Crippen LogP contribution is 2.35. The number of amides is 2. The van der Waals surface area contributed by atoms with Gasteiger partial charge in [-0.1, -0.05) is 0 Å². The first-order valence-electron chi connectivity index (χ1n) is 5.10. The molecular weight excluding hydrogens is 198 g/mol. The van der Waals surface area contributed by atoms with Gasteiger partial charge in [0, 0.05) is 6.54 Å². The van der Waals surface area contributed by atoms with E-state index in [1.165, 1.54) is 4.90 Å². The third kappa shape index (κ3) is 1.82. The summed E-state index contributed by atoms with van der Waals surface area (Å²) in [6, 6.07) is -0.464. The van der Waals surface area contributed by atoms with Gasteiger partial charge in [0.25, 0.3) is 5.91 Å². The first-order chi connectivity index (χ1) is 7.15. The molecule has 0 spiro atoms. The van der Waals surface area contributed by atoms with E-state index in [1.807, 2.05) is 0 Å². The lowest BCUT2D eigenvalue weighted by Crippen LogP contribution is -2.60. The predicted molar refractivity (Wildman–Crippen MR) is 51.1 cm³/mol. The van der Waals surface area contributed by atoms with Crippen LogP contribution in [0, 0.1) is 5.92 Å². The van der Waals surface area contributed by atoms with Crippen LogP contribution in [0.3, 0.4) is 0 Å². The number of hydrogen-bond donors (Lipinski definition) is 2. The molecule has 2 aliphatic rings. The molecule has 15 heavy (non-hydrogen) atoms. The lowest BCUT2D eigenvalue weighted by molar-refractivity contribution is -0.157. The zero-order valence-electron chi connectivity index (χ0n) is 8.39. The summed E-state index contributed by atoms with van der Waals surface area (Å²) in [4.78, 5) is 28.9. The fourth-order valence-corrected chi connectivity index (χ4v) is 1.88. The Morgan fingerprint density at radius 3 is 2.33 bits per heavy atom. The molecule has 0 aromatic heterocycles. The molecule has 1 heterocycles. The Bertz CT molecular complexity index is 290. The van der Waals surface area contributed by atoms with E-state index in [0.29, 0.717) is 13.0 Å². The zero-order valence-corrected chi connectivity index (χ0v) is 8.39. The maximum atomic E-state index is 11.9. The van der Waals surface area contributed by atoms with Crippen molar-refractivity contribution in [3.63, 3.8) is 0 Å². The molecule has 0 aromatic carbocycles. The number of nitrogens with zero attached hydrogens (tertiary/aromatic N) is 1. The highest BCUT2D eigenvalue weighted by molar-refractivity contribution is 5.90. The van der Waals surface area contributed by atoms with E-state index in [0.717, 1.165) is 12.8 Å². The Morgan fingerprint density at radius 1 is 1.33 bits per heavy atom. The van der Waals surface area contributed by atoms with Gasteiger partial charge in [-0.05, 0) is 25.2 Å². The molecule has 1 aliphatic carbocycles. The van der Waals surface area contributed by atoms with Crippen molar-refractivity contribution in [2.45, 2.75) is 31.4 Å². The average molecular weight is 213 g/mol. The van der Waals surface area contributed by atoms with Crippen LogP contribution in [0.25, 0.3) is 0 Å². The monoisotopic (exact) mass is 213 g/mol. The molecular formula is C9H15N3O3. The van der Waals surface area contributed by atoms with Gasteiger partial charge in [0.15, 0.2) is 6.10 Å². The third-order valence-corrected chi connectivity index (χ3v) is 3.07. The molecule has 84 valence electrons. The summed E-state index contributed by atoms with van der Waals surface area (Å²) in [5, 5.41) is 0. The number of carbonyl (C=O) groups is 2. The van der Waals surface area contributed by atoms with Crippen LogP contribution in [-0.2, 0) is 14.4 Å². The number of rotatable bonds is 4. The van der Waals surface area contributed by atoms with E-state index >= 15 is 0 Å². The fraction of sp³-hybridized carbons (Fsp3) is 0.778. The molecule has 6 heteroatoms. The van der Waals surface area contributed by atoms with Crippen LogP contribution in [0.15, 0.2) is 0 Å². The Hall–Kier alpha value is -1.14. The quantitative estimate of drug-likeness (QED) is 0.569. The minimum Gasteiger partial charge on any atom is -0.368 e. The van der Waals surface area contributed by atoms with Gasteiger partial charge in [-0.2, -0.15) is 0 Å². The smallest absolute Gasteiger partial charge is 0.254 e. The maximum absolute atomic E-state index is 11.9. The van der Waals surface area contributed by atoms with Gasteiger partial charge in [0.1, 0.15) is 6.04 Å². The van der Waals surface area contributed by atoms with Gasteiger partial charge in [0.2, 0.25) is 5.91 Å². The molecule has 2 amide bonds. The normalized spacial score (nSPS) is 27.0. The molecule has 0 bridgehead atoms. The average Bonchev–Trinajstić information content (AvgIpc) is 2.86. The molecule has 2 unspecified atom stereocenters. The van der Waals surface area contributed by atoms with Crippen LogP contribution >= 0.6 is 0 Å². The first-order valence-corrected chi connectivity index (χ1v) is 5.10. The van der Waals surface area contributed by atoms with Crippen molar-refractivity contribution in [1.82, 2.24) is 4.90 Å². The van der Waals surface area contributed by atoms with E-state index < -0.39 is 18.1 Å². The Labute approximate surface area is 87.5 Å². The summed E-state index contributed by atoms with van der Waals surface area (Å²) in [5.41, 5.74) is 5.15. The summed E-state index contributed by atoms with van der Waals surface area (Å²) in [7, 11) is 0. The van der Waals surface area contributed by atoms with Crippen molar-refractivity contribution in [2.75, 3.05) is 6.54 Å². The number of likely N-dealkylation sites (tertiary alicyclic amines) is 1. The third-order valence-electron chi connectivity index (χ3n) is 3.07. The highest BCUT2D eigenvalue weighted by atomic mass is 16.6. The Balaban J connectivity index is 1.97. The number of primary amides is 1. The van der Waals surface area contributed by atoms with E-state index in [2.05, 4.69) is 4.84 Å². The molecule has 1 aliphatic heterocycles. The Morgan fingerprint density at radius 2 is 2.00 bits per heavy atom. The lowest BCUT2D eigenvalue weighted by atomic mass is 10.0. The molecule has 6 nitrogen and oxygen atoms in total. The van der Waals surface area contributed by atoms with Crippen molar-refractivity contribution in [2.24, 2.45) is 17.5 Å². The second-order valence-corrected chi connectivity index (χ2v) is 4.13. The van der Waals surface area contributed by atoms with Crippen LogP contribution in [0.2, 0.25) is 0 Å². The lowest BCUT2D eigenvalue weighted by Gasteiger charge is -2.40. The van der Waals surface area contributed by atoms with Crippen molar-refractivity contribution >= 4 is 11.8 Å². The van der Waals surface area contributed by atoms with Gasteiger partial charge in [-0.15, -0.1) is 0 Å². The van der Waals surface area contributed by atoms with Crippen LogP contribution < -0.4 is 11.6 Å². The SMILES string of the molecule is NOC(C(=O)N1CCC1C(N)=O)C1CC1. The Kier molecular flexibility index (Phi) is 2.62. The summed E-state index contributed by atoms with van der Waals surface area (Å²) < 4.78 is 0. The molecule has 1 saturated heterocycles. The summed E-state index contributed by atoms with van der Waals surface area (Å²) >= 11 is 0. The van der Waals surface area contributed by atoms with Crippen LogP contribution in [0.4, 0.5) is 0 Å². The molecule has 1 saturated carbocycles. The second-order valence-electron chi connectivity index (χ2n) is 4.13. The van der Waals surface area contributed by atoms with Crippen molar-refractivity contribution < 1.29 is 14.4 Å². The van der Waals surface area contributed by atoms with Crippen molar-refractivity contribution in [3.05, 3.63) is 0 Å². The number of carbonyl (C=O) groups excluding carboxylic acids is 2. The second kappa shape index (κ2) is 3.79. The van der Waals surface area contributed by atoms with Crippen LogP contribution in [-0.4, -0.2) is 35.4 Å². The minimum absolute atomic E-state index is 0.199. The highest BCUT2D eigenvalue weighted by Gasteiger charge is 2.44. The topological polar surface area (TPSA) is 98.7 Å². The van der Waals surface area contributed by atoms with Crippen LogP contribution in [0.5, 0.6) is 0 Å². The number of hydrogen-bond acceptors (Lipinski definition) is 4. The summed E-state index contributed by atoms with van der Waals surface area (Å²) in [6.45, 7) is 0.568. The van der Waals surface area contributed by atoms with E-state index in [4.69, 9.17) is 11.6 Å². The summed E-state index contributed by atoms with van der Waals surface area (Å²) in [5.74, 6) is 4.65. The van der Waals surface area contributed by atoms with Gasteiger partial charge in [-0.3, -0.25) is 14.4 Å². The summed E-state index contributed by atoms with van der Waals surface area (Å²) in [6.07, 6.45) is 1.97. The van der Waals surface area contributed by atoms with Crippen molar-refractivity contribution in [3.8, 4) is 0 Å². The van der Waals surface area contributed by atoms with Crippen molar-refractivity contribution in [1.29, 1.82) is 0 Å². The minimum atomic E-state index is -0.591. The molecule has 0 aromatic rings. The van der Waals surface area contributed by atoms with E-state index in [-0.39, 0.29) is 11.8 Å². The van der Waals surface area contributed by atoms with E-state index in [9.17, 15) is 9.59 Å². The molecule has 2 atom stereocenters. The number of nitrogens with two attached hydrogens (primary N) is 2. The standard InChI is InChI=1S/C9H15N3O3/c10-8(13)6-3-4-12(6)9(14)7(15-11)5-1-2-5/h5-7H,1-4,11H2,(H2,10,13). The molecule has 4 N–H and O–H groups in total. The van der Waals surface area contributed by atoms with Gasteiger partial charge in [-0.25, -0.2) is 5.90 Å². The van der Waals surface area contributed by atoms with Gasteiger partial charge in [0.05, 0.1) is 0 Å². The molecule has 0 radical (unpaired) electrons. The largest absolute Gasteiger partial charge is 0.368 e. The molecule has 2 rings (SSSR count). The van der Waals surface area contributed by atoms with Gasteiger partial charge < -0.3 is 10.6 Å². The maximum Gasteiger partial charge on any atom is 0.254 e. The first kappa shape index (κ1) is 10.4.